The quantitative estimate of drug-likeness (QED) is 0.708. The van der Waals surface area contributed by atoms with Crippen LogP contribution in [-0.2, 0) is 12.3 Å². The Hall–Kier alpha value is -2.15. The lowest BCUT2D eigenvalue weighted by Gasteiger charge is -2.05. The third-order valence-electron chi connectivity index (χ3n) is 3.30. The maximum atomic E-state index is 4.52. The fourth-order valence-electron chi connectivity index (χ4n) is 2.21. The number of aromatic amines is 1. The van der Waals surface area contributed by atoms with Gasteiger partial charge in [-0.3, -0.25) is 5.10 Å². The zero-order valence-corrected chi connectivity index (χ0v) is 13.5. The van der Waals surface area contributed by atoms with Crippen molar-refractivity contribution < 1.29 is 0 Å². The fraction of sp³-hybridized carbons (Fsp3) is 0.333. The predicted octanol–water partition coefficient (Wildman–Crippen LogP) is 3.07. The summed E-state index contributed by atoms with van der Waals surface area (Å²) in [5.41, 5.74) is 1.03. The Morgan fingerprint density at radius 2 is 2.00 bits per heavy atom. The van der Waals surface area contributed by atoms with Gasteiger partial charge in [-0.1, -0.05) is 49.0 Å². The maximum Gasteiger partial charge on any atom is 0.209 e. The van der Waals surface area contributed by atoms with Gasteiger partial charge in [-0.05, 0) is 13.3 Å². The topological polar surface area (TPSA) is 72.3 Å². The van der Waals surface area contributed by atoms with Gasteiger partial charge in [0.15, 0.2) is 5.82 Å². The van der Waals surface area contributed by atoms with Crippen LogP contribution in [0.1, 0.15) is 25.0 Å². The molecule has 0 amide bonds. The van der Waals surface area contributed by atoms with Crippen molar-refractivity contribution in [2.45, 2.75) is 37.7 Å². The second kappa shape index (κ2) is 6.74. The maximum absolute atomic E-state index is 4.52. The van der Waals surface area contributed by atoms with Gasteiger partial charge < -0.3 is 4.57 Å². The van der Waals surface area contributed by atoms with Crippen molar-refractivity contribution >= 4 is 11.8 Å². The van der Waals surface area contributed by atoms with E-state index in [9.17, 15) is 0 Å². The highest BCUT2D eigenvalue weighted by molar-refractivity contribution is 7.98. The van der Waals surface area contributed by atoms with Crippen LogP contribution >= 0.6 is 11.8 Å². The van der Waals surface area contributed by atoms with Crippen LogP contribution in [0, 0.1) is 6.92 Å². The van der Waals surface area contributed by atoms with Gasteiger partial charge in [0.25, 0.3) is 0 Å². The average molecular weight is 314 g/mol. The first-order valence-corrected chi connectivity index (χ1v) is 8.25. The molecule has 0 aliphatic rings. The minimum Gasteiger partial charge on any atom is -0.315 e. The van der Waals surface area contributed by atoms with Gasteiger partial charge in [0.05, 0.1) is 5.75 Å². The standard InChI is InChI=1S/C15H18N6S/c1-3-9-21-11(2)17-18-13(21)10-22-15-16-14(19-20-15)12-7-5-4-6-8-12/h4-8H,3,9-10H2,1-2H3,(H,16,19,20). The summed E-state index contributed by atoms with van der Waals surface area (Å²) in [6, 6.07) is 9.98. The van der Waals surface area contributed by atoms with Gasteiger partial charge in [0.1, 0.15) is 11.6 Å². The number of H-pyrrole nitrogens is 1. The highest BCUT2D eigenvalue weighted by Crippen LogP contribution is 2.22. The smallest absolute Gasteiger partial charge is 0.209 e. The first-order chi connectivity index (χ1) is 10.8. The molecular weight excluding hydrogens is 296 g/mol. The van der Waals surface area contributed by atoms with Gasteiger partial charge in [-0.15, -0.1) is 15.3 Å². The SMILES string of the molecule is CCCn1c(C)nnc1CSc1n[nH]c(-c2ccccc2)n1. The molecule has 114 valence electrons. The van der Waals surface area contributed by atoms with Crippen molar-refractivity contribution in [1.82, 2.24) is 29.9 Å². The molecule has 0 unspecified atom stereocenters. The molecule has 6 nitrogen and oxygen atoms in total. The molecule has 0 fully saturated rings. The van der Waals surface area contributed by atoms with Gasteiger partial charge in [-0.2, -0.15) is 0 Å². The summed E-state index contributed by atoms with van der Waals surface area (Å²) in [6.45, 7) is 5.08. The van der Waals surface area contributed by atoms with E-state index >= 15 is 0 Å². The summed E-state index contributed by atoms with van der Waals surface area (Å²) < 4.78 is 2.15. The number of hydrogen-bond acceptors (Lipinski definition) is 5. The summed E-state index contributed by atoms with van der Waals surface area (Å²) in [6.07, 6.45) is 1.06. The minimum absolute atomic E-state index is 0.715. The summed E-state index contributed by atoms with van der Waals surface area (Å²) >= 11 is 1.57. The summed E-state index contributed by atoms with van der Waals surface area (Å²) in [5.74, 6) is 3.43. The molecule has 2 heterocycles. The van der Waals surface area contributed by atoms with Gasteiger partial charge in [0.2, 0.25) is 5.16 Å². The summed E-state index contributed by atoms with van der Waals surface area (Å²) in [5, 5.41) is 16.4. The van der Waals surface area contributed by atoms with E-state index in [1.807, 2.05) is 37.3 Å². The second-order valence-electron chi connectivity index (χ2n) is 4.94. The fourth-order valence-corrected chi connectivity index (χ4v) is 2.95. The third kappa shape index (κ3) is 3.19. The molecule has 0 saturated carbocycles. The van der Waals surface area contributed by atoms with E-state index in [2.05, 4.69) is 36.9 Å². The van der Waals surface area contributed by atoms with E-state index in [0.29, 0.717) is 5.75 Å². The number of aromatic nitrogens is 6. The molecule has 3 rings (SSSR count). The van der Waals surface area contributed by atoms with Gasteiger partial charge in [0, 0.05) is 12.1 Å². The molecular formula is C15H18N6S. The number of rotatable bonds is 6. The van der Waals surface area contributed by atoms with Crippen LogP contribution in [0.15, 0.2) is 35.5 Å². The number of nitrogens with zero attached hydrogens (tertiary/aromatic N) is 5. The number of aryl methyl sites for hydroxylation is 1. The zero-order valence-electron chi connectivity index (χ0n) is 12.7. The molecule has 0 spiro atoms. The van der Waals surface area contributed by atoms with Crippen molar-refractivity contribution in [3.05, 3.63) is 42.0 Å². The Morgan fingerprint density at radius 1 is 1.18 bits per heavy atom. The predicted molar refractivity (Wildman–Crippen MR) is 86.4 cm³/mol. The third-order valence-corrected chi connectivity index (χ3v) is 4.15. The van der Waals surface area contributed by atoms with Crippen LogP contribution < -0.4 is 0 Å². The lowest BCUT2D eigenvalue weighted by Crippen LogP contribution is -2.04. The number of benzene rings is 1. The molecule has 1 aromatic carbocycles. The van der Waals surface area contributed by atoms with Crippen LogP contribution in [0.5, 0.6) is 0 Å². The molecule has 7 heteroatoms. The minimum atomic E-state index is 0.715. The van der Waals surface area contributed by atoms with Crippen molar-refractivity contribution in [1.29, 1.82) is 0 Å². The van der Waals surface area contributed by atoms with E-state index in [1.54, 1.807) is 11.8 Å². The molecule has 22 heavy (non-hydrogen) atoms. The van der Waals surface area contributed by atoms with Crippen molar-refractivity contribution in [3.63, 3.8) is 0 Å². The number of nitrogens with one attached hydrogen (secondary N) is 1. The Bertz CT molecular complexity index is 734. The molecule has 1 N–H and O–H groups in total. The van der Waals surface area contributed by atoms with Crippen molar-refractivity contribution in [2.24, 2.45) is 0 Å². The van der Waals surface area contributed by atoms with Crippen molar-refractivity contribution in [2.75, 3.05) is 0 Å². The number of hydrogen-bond donors (Lipinski definition) is 1. The van der Waals surface area contributed by atoms with E-state index in [1.165, 1.54) is 0 Å². The first-order valence-electron chi connectivity index (χ1n) is 7.27. The zero-order chi connectivity index (χ0) is 15.4. The molecule has 0 radical (unpaired) electrons. The summed E-state index contributed by atoms with van der Waals surface area (Å²) in [7, 11) is 0. The van der Waals surface area contributed by atoms with Crippen LogP contribution in [0.2, 0.25) is 0 Å². The van der Waals surface area contributed by atoms with Crippen molar-refractivity contribution in [3.8, 4) is 11.4 Å². The highest BCUT2D eigenvalue weighted by atomic mass is 32.2. The Balaban J connectivity index is 1.69. The van der Waals surface area contributed by atoms with Crippen LogP contribution in [0.3, 0.4) is 0 Å². The molecule has 0 saturated heterocycles. The number of thioether (sulfide) groups is 1. The largest absolute Gasteiger partial charge is 0.315 e. The van der Waals surface area contributed by atoms with E-state index in [0.717, 1.165) is 41.2 Å². The van der Waals surface area contributed by atoms with Crippen LogP contribution in [0.4, 0.5) is 0 Å². The second-order valence-corrected chi connectivity index (χ2v) is 5.88. The molecule has 3 aromatic rings. The average Bonchev–Trinajstić information content (AvgIpc) is 3.15. The van der Waals surface area contributed by atoms with E-state index in [-0.39, 0.29) is 0 Å². The normalized spacial score (nSPS) is 11.0. The van der Waals surface area contributed by atoms with Gasteiger partial charge in [-0.25, -0.2) is 4.98 Å². The summed E-state index contributed by atoms with van der Waals surface area (Å²) in [4.78, 5) is 4.52. The van der Waals surface area contributed by atoms with Gasteiger partial charge >= 0.3 is 0 Å². The molecule has 0 bridgehead atoms. The molecule has 0 aliphatic carbocycles. The first kappa shape index (κ1) is 14.8. The lowest BCUT2D eigenvalue weighted by atomic mass is 10.2. The van der Waals surface area contributed by atoms with E-state index < -0.39 is 0 Å². The Labute approximate surface area is 133 Å². The Morgan fingerprint density at radius 3 is 2.77 bits per heavy atom. The highest BCUT2D eigenvalue weighted by Gasteiger charge is 2.11. The lowest BCUT2D eigenvalue weighted by molar-refractivity contribution is 0.636. The molecule has 0 atom stereocenters. The van der Waals surface area contributed by atoms with Crippen LogP contribution in [0.25, 0.3) is 11.4 Å². The monoisotopic (exact) mass is 314 g/mol. The Kier molecular flexibility index (Phi) is 4.53. The molecule has 0 aliphatic heterocycles. The van der Waals surface area contributed by atoms with Crippen LogP contribution in [-0.4, -0.2) is 29.9 Å². The van der Waals surface area contributed by atoms with E-state index in [4.69, 9.17) is 0 Å². The molecule has 2 aromatic heterocycles.